The van der Waals surface area contributed by atoms with E-state index in [1.54, 1.807) is 22.2 Å². The summed E-state index contributed by atoms with van der Waals surface area (Å²) in [7, 11) is -3.25. The van der Waals surface area contributed by atoms with Gasteiger partial charge in [0.2, 0.25) is 5.91 Å². The van der Waals surface area contributed by atoms with Gasteiger partial charge in [0.15, 0.2) is 0 Å². The number of rotatable bonds is 4. The molecule has 2 heterocycles. The van der Waals surface area contributed by atoms with Crippen LogP contribution < -0.4 is 4.90 Å². The Morgan fingerprint density at radius 1 is 1.12 bits per heavy atom. The maximum Gasteiger partial charge on any atom is 0.219 e. The van der Waals surface area contributed by atoms with E-state index in [2.05, 4.69) is 4.90 Å². The molecule has 0 spiro atoms. The van der Waals surface area contributed by atoms with Crippen LogP contribution in [0.1, 0.15) is 30.2 Å². The number of carbonyl (C=O) groups excluding carboxylic acids is 1. The number of carbonyl (C=O) groups is 1. The summed E-state index contributed by atoms with van der Waals surface area (Å²) >= 11 is 0. The number of nitrogens with zero attached hydrogens (tertiary/aromatic N) is 3. The second-order valence-corrected chi connectivity index (χ2v) is 10.9. The minimum absolute atomic E-state index is 0.0552. The molecule has 2 saturated heterocycles. The van der Waals surface area contributed by atoms with Crippen molar-refractivity contribution in [1.82, 2.24) is 9.21 Å². The van der Waals surface area contributed by atoms with Crippen molar-refractivity contribution in [3.05, 3.63) is 65.5 Å². The third-order valence-corrected chi connectivity index (χ3v) is 8.61. The fourth-order valence-electron chi connectivity index (χ4n) is 4.41. The lowest BCUT2D eigenvalue weighted by molar-refractivity contribution is -0.129. The van der Waals surface area contributed by atoms with Crippen LogP contribution >= 0.6 is 10.8 Å². The number of piperazine rings is 1. The van der Waals surface area contributed by atoms with Crippen molar-refractivity contribution in [2.75, 3.05) is 44.2 Å². The summed E-state index contributed by atoms with van der Waals surface area (Å²) in [6.45, 7) is 6.54. The van der Waals surface area contributed by atoms with Gasteiger partial charge < -0.3 is 14.5 Å². The molecule has 2 aliphatic heterocycles. The molecule has 4 rings (SSSR count). The Morgan fingerprint density at radius 2 is 1.82 bits per heavy atom. The Labute approximate surface area is 196 Å². The lowest BCUT2D eigenvalue weighted by atomic mass is 10.1. The van der Waals surface area contributed by atoms with Gasteiger partial charge in [0.1, 0.15) is 11.1 Å². The van der Waals surface area contributed by atoms with Gasteiger partial charge in [0.05, 0.1) is 12.7 Å². The molecule has 7 nitrogen and oxygen atoms in total. The van der Waals surface area contributed by atoms with Gasteiger partial charge in [-0.25, -0.2) is 4.39 Å². The van der Waals surface area contributed by atoms with E-state index in [1.807, 2.05) is 43.3 Å². The molecule has 9 heteroatoms. The highest BCUT2D eigenvalue weighted by Crippen LogP contribution is 2.58. The average molecular weight is 478 g/mol. The van der Waals surface area contributed by atoms with Gasteiger partial charge in [0.25, 0.3) is 0 Å². The van der Waals surface area contributed by atoms with E-state index in [-0.39, 0.29) is 31.0 Å². The van der Waals surface area contributed by atoms with E-state index in [4.69, 9.17) is 4.74 Å². The minimum Gasteiger partial charge on any atom is -0.375 e. The molecule has 2 fully saturated rings. The molecule has 180 valence electrons. The van der Waals surface area contributed by atoms with Gasteiger partial charge in [0, 0.05) is 57.4 Å². The molecule has 0 aromatic heterocycles. The zero-order chi connectivity index (χ0) is 23.6. The maximum atomic E-state index is 15.1. The molecule has 2 N–H and O–H groups in total. The quantitative estimate of drug-likeness (QED) is 0.690. The summed E-state index contributed by atoms with van der Waals surface area (Å²) in [5.74, 6) is -0.328. The second-order valence-electron chi connectivity index (χ2n) is 8.70. The molecule has 2 atom stereocenters. The number of ether oxygens (including phenoxy) is 1. The molecule has 33 heavy (non-hydrogen) atoms. The van der Waals surface area contributed by atoms with Gasteiger partial charge >= 0.3 is 0 Å². The maximum absolute atomic E-state index is 15.1. The molecule has 2 aromatic carbocycles. The number of halogens is 1. The van der Waals surface area contributed by atoms with Crippen LogP contribution in [0.25, 0.3) is 0 Å². The predicted octanol–water partition coefficient (Wildman–Crippen LogP) is 4.12. The van der Waals surface area contributed by atoms with Crippen LogP contribution in [-0.2, 0) is 16.1 Å². The third-order valence-electron chi connectivity index (χ3n) is 6.40. The first-order valence-electron chi connectivity index (χ1n) is 11.2. The first-order chi connectivity index (χ1) is 15.8. The summed E-state index contributed by atoms with van der Waals surface area (Å²) in [4.78, 5) is 15.4. The Morgan fingerprint density at radius 3 is 2.45 bits per heavy atom. The predicted molar refractivity (Wildman–Crippen MR) is 129 cm³/mol. The van der Waals surface area contributed by atoms with E-state index in [0.717, 1.165) is 11.3 Å². The molecule has 1 unspecified atom stereocenters. The van der Waals surface area contributed by atoms with Crippen molar-refractivity contribution in [1.29, 1.82) is 0 Å². The van der Waals surface area contributed by atoms with Crippen LogP contribution in [-0.4, -0.2) is 69.7 Å². The van der Waals surface area contributed by atoms with Crippen LogP contribution in [0.3, 0.4) is 0 Å². The lowest BCUT2D eigenvalue weighted by Gasteiger charge is -2.46. The van der Waals surface area contributed by atoms with Crippen molar-refractivity contribution >= 4 is 22.4 Å². The van der Waals surface area contributed by atoms with Gasteiger partial charge in [-0.2, -0.15) is 4.31 Å². The SMILES string of the molecule is CC(=O)N1CCN(c2ccc(CN3C[C@H](C)OCC(c4ccccc4)S3(O)O)c(F)c2)CC1. The molecule has 2 aromatic rings. The topological polar surface area (TPSA) is 76.5 Å². The van der Waals surface area contributed by atoms with Gasteiger partial charge in [-0.05, 0) is 24.6 Å². The number of anilines is 1. The van der Waals surface area contributed by atoms with E-state index >= 15 is 4.39 Å². The summed E-state index contributed by atoms with van der Waals surface area (Å²) in [6, 6.07) is 14.4. The van der Waals surface area contributed by atoms with Crippen molar-refractivity contribution in [2.45, 2.75) is 31.7 Å². The fourth-order valence-corrected chi connectivity index (χ4v) is 6.31. The molecule has 2 aliphatic rings. The van der Waals surface area contributed by atoms with Crippen LogP contribution in [0.15, 0.2) is 48.5 Å². The highest BCUT2D eigenvalue weighted by atomic mass is 32.3. The van der Waals surface area contributed by atoms with E-state index in [9.17, 15) is 13.9 Å². The third kappa shape index (κ3) is 5.33. The zero-order valence-corrected chi connectivity index (χ0v) is 19.9. The van der Waals surface area contributed by atoms with E-state index < -0.39 is 16.0 Å². The Balaban J connectivity index is 1.51. The summed E-state index contributed by atoms with van der Waals surface area (Å²) in [5.41, 5.74) is 1.96. The van der Waals surface area contributed by atoms with Crippen LogP contribution in [0.2, 0.25) is 0 Å². The highest BCUT2D eigenvalue weighted by Gasteiger charge is 2.38. The Bertz CT molecular complexity index is 969. The standard InChI is InChI=1S/C24H32FN3O4S/c1-18-15-28(33(30,31)24(17-32-18)20-6-4-3-5-7-20)16-21-8-9-22(14-23(21)25)27-12-10-26(11-13-27)19(2)29/h3-9,14,18,24,30-31H,10-13,15-17H2,1-2H3/t18-,24?/m0/s1. The zero-order valence-electron chi connectivity index (χ0n) is 19.1. The molecular formula is C24H32FN3O4S. The van der Waals surface area contributed by atoms with Crippen LogP contribution in [0, 0.1) is 5.82 Å². The van der Waals surface area contributed by atoms with E-state index in [1.165, 1.54) is 6.07 Å². The molecule has 0 saturated carbocycles. The van der Waals surface area contributed by atoms with Gasteiger partial charge in [-0.3, -0.25) is 13.9 Å². The molecule has 1 amide bonds. The monoisotopic (exact) mass is 477 g/mol. The van der Waals surface area contributed by atoms with Gasteiger partial charge in [-0.1, -0.05) is 36.4 Å². The lowest BCUT2D eigenvalue weighted by Crippen LogP contribution is -2.48. The van der Waals surface area contributed by atoms with Crippen molar-refractivity contribution in [2.24, 2.45) is 0 Å². The van der Waals surface area contributed by atoms with Crippen LogP contribution in [0.4, 0.5) is 10.1 Å². The molecule has 0 radical (unpaired) electrons. The number of benzene rings is 2. The first kappa shape index (κ1) is 24.0. The number of hydrogen-bond acceptors (Lipinski definition) is 6. The van der Waals surface area contributed by atoms with Crippen molar-refractivity contribution < 1.29 is 23.0 Å². The Hall–Kier alpha value is -2.17. The second kappa shape index (κ2) is 9.99. The largest absolute Gasteiger partial charge is 0.375 e. The molecule has 0 bridgehead atoms. The van der Waals surface area contributed by atoms with Crippen molar-refractivity contribution in [3.63, 3.8) is 0 Å². The fraction of sp³-hybridized carbons (Fsp3) is 0.458. The molecule has 0 aliphatic carbocycles. The summed E-state index contributed by atoms with van der Waals surface area (Å²) < 4.78 is 45.0. The average Bonchev–Trinajstić information content (AvgIpc) is 2.91. The normalized spacial score (nSPS) is 24.9. The number of hydrogen-bond donors (Lipinski definition) is 2. The van der Waals surface area contributed by atoms with Crippen LogP contribution in [0.5, 0.6) is 0 Å². The summed E-state index contributed by atoms with van der Waals surface area (Å²) in [6.07, 6.45) is -0.218. The van der Waals surface area contributed by atoms with Crippen molar-refractivity contribution in [3.8, 4) is 0 Å². The van der Waals surface area contributed by atoms with E-state index in [0.29, 0.717) is 38.3 Å². The van der Waals surface area contributed by atoms with Gasteiger partial charge in [-0.15, -0.1) is 10.8 Å². The Kier molecular flexibility index (Phi) is 7.25. The minimum atomic E-state index is -3.25. The first-order valence-corrected chi connectivity index (χ1v) is 12.8. The smallest absolute Gasteiger partial charge is 0.219 e. The number of amides is 1. The highest BCUT2D eigenvalue weighted by molar-refractivity contribution is 8.22. The molecular weight excluding hydrogens is 445 g/mol. The summed E-state index contributed by atoms with van der Waals surface area (Å²) in [5, 5.41) is -0.608.